The van der Waals surface area contributed by atoms with Crippen molar-refractivity contribution in [2.45, 2.75) is 33.0 Å². The van der Waals surface area contributed by atoms with Gasteiger partial charge in [-0.15, -0.1) is 0 Å². The standard InChI is InChI=1S/C16H22N2O4/c1-10-4-5-13(6-14(10)17)16(20)21-9-15(19)18-7-11(2)22-12(3)8-18/h4-6,11-12H,7-9,17H2,1-3H3. The van der Waals surface area contributed by atoms with E-state index in [0.29, 0.717) is 24.3 Å². The van der Waals surface area contributed by atoms with Crippen LogP contribution in [0.4, 0.5) is 5.69 Å². The van der Waals surface area contributed by atoms with Gasteiger partial charge in [-0.25, -0.2) is 4.79 Å². The van der Waals surface area contributed by atoms with Crippen molar-refractivity contribution in [3.05, 3.63) is 29.3 Å². The van der Waals surface area contributed by atoms with Crippen molar-refractivity contribution in [1.82, 2.24) is 4.90 Å². The normalized spacial score (nSPS) is 21.5. The first-order chi connectivity index (χ1) is 10.4. The van der Waals surface area contributed by atoms with Crippen LogP contribution in [0.2, 0.25) is 0 Å². The molecule has 6 heteroatoms. The number of benzene rings is 1. The highest BCUT2D eigenvalue weighted by molar-refractivity contribution is 5.92. The number of aryl methyl sites for hydroxylation is 1. The SMILES string of the molecule is Cc1ccc(C(=O)OCC(=O)N2CC(C)OC(C)C2)cc1N. The van der Waals surface area contributed by atoms with Gasteiger partial charge < -0.3 is 20.1 Å². The summed E-state index contributed by atoms with van der Waals surface area (Å²) in [6.45, 7) is 6.44. The van der Waals surface area contributed by atoms with Gasteiger partial charge in [-0.05, 0) is 38.5 Å². The van der Waals surface area contributed by atoms with E-state index in [4.69, 9.17) is 15.2 Å². The van der Waals surface area contributed by atoms with Gasteiger partial charge in [0.05, 0.1) is 17.8 Å². The zero-order valence-corrected chi connectivity index (χ0v) is 13.2. The number of carbonyl (C=O) groups is 2. The number of amides is 1. The summed E-state index contributed by atoms with van der Waals surface area (Å²) in [6, 6.07) is 4.94. The van der Waals surface area contributed by atoms with Gasteiger partial charge in [-0.3, -0.25) is 4.79 Å². The highest BCUT2D eigenvalue weighted by Gasteiger charge is 2.26. The van der Waals surface area contributed by atoms with Gasteiger partial charge >= 0.3 is 5.97 Å². The maximum absolute atomic E-state index is 12.1. The van der Waals surface area contributed by atoms with Gasteiger partial charge in [-0.2, -0.15) is 0 Å². The summed E-state index contributed by atoms with van der Waals surface area (Å²) < 4.78 is 10.7. The Morgan fingerprint density at radius 1 is 1.32 bits per heavy atom. The quantitative estimate of drug-likeness (QED) is 0.674. The molecule has 2 unspecified atom stereocenters. The molecule has 2 N–H and O–H groups in total. The van der Waals surface area contributed by atoms with Crippen LogP contribution in [-0.2, 0) is 14.3 Å². The summed E-state index contributed by atoms with van der Waals surface area (Å²) in [4.78, 5) is 25.7. The Morgan fingerprint density at radius 3 is 2.55 bits per heavy atom. The number of morpholine rings is 1. The lowest BCUT2D eigenvalue weighted by atomic mass is 10.1. The van der Waals surface area contributed by atoms with Crippen LogP contribution in [0.25, 0.3) is 0 Å². The van der Waals surface area contributed by atoms with E-state index in [9.17, 15) is 9.59 Å². The Labute approximate surface area is 130 Å². The van der Waals surface area contributed by atoms with E-state index < -0.39 is 5.97 Å². The maximum Gasteiger partial charge on any atom is 0.338 e. The molecule has 0 aromatic heterocycles. The van der Waals surface area contributed by atoms with Crippen LogP contribution in [0.3, 0.4) is 0 Å². The number of nitrogens with zero attached hydrogens (tertiary/aromatic N) is 1. The van der Waals surface area contributed by atoms with Gasteiger partial charge in [0.2, 0.25) is 0 Å². The van der Waals surface area contributed by atoms with Crippen molar-refractivity contribution in [3.8, 4) is 0 Å². The molecule has 0 radical (unpaired) electrons. The van der Waals surface area contributed by atoms with Crippen LogP contribution < -0.4 is 5.73 Å². The minimum absolute atomic E-state index is 0.0136. The second-order valence-electron chi connectivity index (χ2n) is 5.70. The predicted molar refractivity (Wildman–Crippen MR) is 82.5 cm³/mol. The molecule has 1 heterocycles. The lowest BCUT2D eigenvalue weighted by Crippen LogP contribution is -2.49. The summed E-state index contributed by atoms with van der Waals surface area (Å²) in [5, 5.41) is 0. The van der Waals surface area contributed by atoms with Crippen LogP contribution in [0.1, 0.15) is 29.8 Å². The van der Waals surface area contributed by atoms with Crippen LogP contribution in [0.15, 0.2) is 18.2 Å². The number of rotatable bonds is 3. The smallest absolute Gasteiger partial charge is 0.338 e. The third-order valence-electron chi connectivity index (χ3n) is 3.61. The van der Waals surface area contributed by atoms with Crippen molar-refractivity contribution in [1.29, 1.82) is 0 Å². The Hall–Kier alpha value is -2.08. The van der Waals surface area contributed by atoms with Crippen LogP contribution in [-0.4, -0.2) is 48.7 Å². The Kier molecular flexibility index (Phi) is 5.03. The fraction of sp³-hybridized carbons (Fsp3) is 0.500. The van der Waals surface area contributed by atoms with E-state index in [1.54, 1.807) is 23.1 Å². The highest BCUT2D eigenvalue weighted by Crippen LogP contribution is 2.14. The largest absolute Gasteiger partial charge is 0.452 e. The number of hydrogen-bond donors (Lipinski definition) is 1. The molecule has 0 aliphatic carbocycles. The summed E-state index contributed by atoms with van der Waals surface area (Å²) in [5.41, 5.74) is 7.53. The summed E-state index contributed by atoms with van der Waals surface area (Å²) in [7, 11) is 0. The topological polar surface area (TPSA) is 81.9 Å². The molecule has 1 aromatic rings. The fourth-order valence-corrected chi connectivity index (χ4v) is 2.45. The van der Waals surface area contributed by atoms with Crippen LogP contribution >= 0.6 is 0 Å². The number of carbonyl (C=O) groups excluding carboxylic acids is 2. The minimum Gasteiger partial charge on any atom is -0.452 e. The number of nitrogens with two attached hydrogens (primary N) is 1. The molecule has 22 heavy (non-hydrogen) atoms. The first-order valence-corrected chi connectivity index (χ1v) is 7.33. The molecule has 120 valence electrons. The second-order valence-corrected chi connectivity index (χ2v) is 5.70. The van der Waals surface area contributed by atoms with Crippen molar-refractivity contribution in [2.75, 3.05) is 25.4 Å². The van der Waals surface area contributed by atoms with E-state index >= 15 is 0 Å². The van der Waals surface area contributed by atoms with Gasteiger partial charge in [-0.1, -0.05) is 6.07 Å². The van der Waals surface area contributed by atoms with Crippen molar-refractivity contribution >= 4 is 17.6 Å². The van der Waals surface area contributed by atoms with E-state index in [2.05, 4.69) is 0 Å². The molecule has 1 saturated heterocycles. The lowest BCUT2D eigenvalue weighted by Gasteiger charge is -2.35. The summed E-state index contributed by atoms with van der Waals surface area (Å²) >= 11 is 0. The minimum atomic E-state index is -0.547. The van der Waals surface area contributed by atoms with Gasteiger partial charge in [0.15, 0.2) is 6.61 Å². The molecule has 2 atom stereocenters. The van der Waals surface area contributed by atoms with E-state index in [1.807, 2.05) is 20.8 Å². The van der Waals surface area contributed by atoms with Gasteiger partial charge in [0, 0.05) is 18.8 Å². The molecule has 6 nitrogen and oxygen atoms in total. The Balaban J connectivity index is 1.90. The zero-order chi connectivity index (χ0) is 16.3. The van der Waals surface area contributed by atoms with Crippen LogP contribution in [0.5, 0.6) is 0 Å². The van der Waals surface area contributed by atoms with Gasteiger partial charge in [0.1, 0.15) is 0 Å². The molecule has 2 rings (SSSR count). The number of ether oxygens (including phenoxy) is 2. The molecule has 1 aliphatic rings. The van der Waals surface area contributed by atoms with Crippen LogP contribution in [0, 0.1) is 6.92 Å². The van der Waals surface area contributed by atoms with E-state index in [-0.39, 0.29) is 24.7 Å². The third-order valence-corrected chi connectivity index (χ3v) is 3.61. The average molecular weight is 306 g/mol. The number of nitrogen functional groups attached to an aromatic ring is 1. The van der Waals surface area contributed by atoms with Crippen molar-refractivity contribution in [3.63, 3.8) is 0 Å². The third kappa shape index (κ3) is 3.98. The maximum atomic E-state index is 12.1. The van der Waals surface area contributed by atoms with Crippen molar-refractivity contribution < 1.29 is 19.1 Å². The van der Waals surface area contributed by atoms with E-state index in [1.165, 1.54) is 0 Å². The average Bonchev–Trinajstić information content (AvgIpc) is 2.46. The fourth-order valence-electron chi connectivity index (χ4n) is 2.45. The molecule has 1 aromatic carbocycles. The molecule has 0 spiro atoms. The van der Waals surface area contributed by atoms with E-state index in [0.717, 1.165) is 5.56 Å². The Morgan fingerprint density at radius 2 is 1.95 bits per heavy atom. The molecular weight excluding hydrogens is 284 g/mol. The monoisotopic (exact) mass is 306 g/mol. The molecule has 1 amide bonds. The lowest BCUT2D eigenvalue weighted by molar-refractivity contribution is -0.146. The highest BCUT2D eigenvalue weighted by atomic mass is 16.5. The number of hydrogen-bond acceptors (Lipinski definition) is 5. The molecule has 1 aliphatic heterocycles. The first-order valence-electron chi connectivity index (χ1n) is 7.33. The van der Waals surface area contributed by atoms with Crippen molar-refractivity contribution in [2.24, 2.45) is 0 Å². The Bertz CT molecular complexity index is 563. The second kappa shape index (κ2) is 6.79. The zero-order valence-electron chi connectivity index (χ0n) is 13.2. The summed E-state index contributed by atoms with van der Waals surface area (Å²) in [6.07, 6.45) is -0.0272. The predicted octanol–water partition coefficient (Wildman–Crippen LogP) is 1.37. The molecular formula is C16H22N2O4. The number of anilines is 1. The molecule has 0 bridgehead atoms. The first kappa shape index (κ1) is 16.3. The van der Waals surface area contributed by atoms with Gasteiger partial charge in [0.25, 0.3) is 5.91 Å². The molecule has 0 saturated carbocycles. The number of esters is 1. The summed E-state index contributed by atoms with van der Waals surface area (Å²) in [5.74, 6) is -0.759. The molecule has 1 fully saturated rings.